The van der Waals surface area contributed by atoms with Crippen LogP contribution in [0.1, 0.15) is 66.7 Å². The number of rotatable bonds is 8. The van der Waals surface area contributed by atoms with Crippen LogP contribution in [0.4, 0.5) is 0 Å². The van der Waals surface area contributed by atoms with E-state index in [9.17, 15) is 0 Å². The normalized spacial score (nSPS) is 22.5. The van der Waals surface area contributed by atoms with Crippen LogP contribution < -0.4 is 10.6 Å². The lowest BCUT2D eigenvalue weighted by Crippen LogP contribution is -2.44. The van der Waals surface area contributed by atoms with Crippen molar-refractivity contribution in [1.82, 2.24) is 15.5 Å². The van der Waals surface area contributed by atoms with E-state index in [-0.39, 0.29) is 0 Å². The zero-order valence-electron chi connectivity index (χ0n) is 14.4. The summed E-state index contributed by atoms with van der Waals surface area (Å²) in [7, 11) is 0. The Hall–Kier alpha value is -0.120. The molecule has 0 aliphatic carbocycles. The lowest BCUT2D eigenvalue weighted by atomic mass is 10.0. The molecular formula is C17H37N3. The highest BCUT2D eigenvalue weighted by molar-refractivity contribution is 4.77. The summed E-state index contributed by atoms with van der Waals surface area (Å²) in [6, 6.07) is 2.62. The molecule has 1 saturated heterocycles. The number of nitrogens with zero attached hydrogens (tertiary/aromatic N) is 1. The van der Waals surface area contributed by atoms with Gasteiger partial charge in [0, 0.05) is 37.3 Å². The van der Waals surface area contributed by atoms with Crippen molar-refractivity contribution in [2.75, 3.05) is 19.6 Å². The summed E-state index contributed by atoms with van der Waals surface area (Å²) in [5.41, 5.74) is 0. The van der Waals surface area contributed by atoms with Crippen LogP contribution in [0.25, 0.3) is 0 Å². The molecule has 0 radical (unpaired) electrons. The van der Waals surface area contributed by atoms with Crippen molar-refractivity contribution in [3.8, 4) is 0 Å². The fraction of sp³-hybridized carbons (Fsp3) is 1.00. The molecule has 0 amide bonds. The highest BCUT2D eigenvalue weighted by atomic mass is 15.2. The van der Waals surface area contributed by atoms with E-state index in [0.717, 1.165) is 19.1 Å². The van der Waals surface area contributed by atoms with Gasteiger partial charge in [-0.25, -0.2) is 0 Å². The van der Waals surface area contributed by atoms with Gasteiger partial charge in [-0.15, -0.1) is 0 Å². The number of hydrogen-bond donors (Lipinski definition) is 2. The first-order chi connectivity index (χ1) is 9.50. The quantitative estimate of drug-likeness (QED) is 0.717. The zero-order valence-corrected chi connectivity index (χ0v) is 14.4. The van der Waals surface area contributed by atoms with Gasteiger partial charge in [-0.05, 0) is 60.4 Å². The molecule has 2 N–H and O–H groups in total. The highest BCUT2D eigenvalue weighted by Gasteiger charge is 2.16. The summed E-state index contributed by atoms with van der Waals surface area (Å²) in [6.07, 6.45) is 6.79. The van der Waals surface area contributed by atoms with Crippen LogP contribution in [0.5, 0.6) is 0 Å². The molecule has 2 unspecified atom stereocenters. The molecule has 3 heteroatoms. The molecule has 1 aliphatic rings. The monoisotopic (exact) mass is 283 g/mol. The predicted octanol–water partition coefficient (Wildman–Crippen LogP) is 3.01. The van der Waals surface area contributed by atoms with Gasteiger partial charge in [0.15, 0.2) is 0 Å². The van der Waals surface area contributed by atoms with Crippen LogP contribution in [0, 0.1) is 0 Å². The second-order valence-electron chi connectivity index (χ2n) is 7.02. The predicted molar refractivity (Wildman–Crippen MR) is 89.3 cm³/mol. The topological polar surface area (TPSA) is 27.3 Å². The van der Waals surface area contributed by atoms with Crippen LogP contribution >= 0.6 is 0 Å². The summed E-state index contributed by atoms with van der Waals surface area (Å²) < 4.78 is 0. The first-order valence-corrected chi connectivity index (χ1v) is 8.73. The van der Waals surface area contributed by atoms with Crippen LogP contribution in [0.2, 0.25) is 0 Å². The van der Waals surface area contributed by atoms with Crippen molar-refractivity contribution in [2.45, 2.75) is 90.9 Å². The Bertz CT molecular complexity index is 224. The molecule has 1 aliphatic heterocycles. The smallest absolute Gasteiger partial charge is 0.0112 e. The summed E-state index contributed by atoms with van der Waals surface area (Å²) in [4.78, 5) is 2.56. The Morgan fingerprint density at radius 3 is 2.40 bits per heavy atom. The number of hydrogen-bond acceptors (Lipinski definition) is 3. The van der Waals surface area contributed by atoms with Gasteiger partial charge in [-0.3, -0.25) is 4.90 Å². The SMILES string of the molecule is CC(CC1CCCCCN1)NCCN(C(C)C)C(C)C. The van der Waals surface area contributed by atoms with Gasteiger partial charge in [0.05, 0.1) is 0 Å². The Morgan fingerprint density at radius 2 is 1.75 bits per heavy atom. The average Bonchev–Trinajstić information content (AvgIpc) is 2.62. The molecule has 0 aromatic carbocycles. The van der Waals surface area contributed by atoms with Crippen molar-refractivity contribution in [3.63, 3.8) is 0 Å². The maximum atomic E-state index is 3.71. The van der Waals surface area contributed by atoms with Crippen LogP contribution in [0.3, 0.4) is 0 Å². The molecule has 0 aromatic heterocycles. The lowest BCUT2D eigenvalue weighted by molar-refractivity contribution is 0.173. The fourth-order valence-electron chi connectivity index (χ4n) is 3.36. The van der Waals surface area contributed by atoms with E-state index in [2.05, 4.69) is 50.2 Å². The van der Waals surface area contributed by atoms with Gasteiger partial charge in [0.1, 0.15) is 0 Å². The number of nitrogens with one attached hydrogen (secondary N) is 2. The molecular weight excluding hydrogens is 246 g/mol. The van der Waals surface area contributed by atoms with Crippen molar-refractivity contribution < 1.29 is 0 Å². The van der Waals surface area contributed by atoms with Gasteiger partial charge in [0.2, 0.25) is 0 Å². The highest BCUT2D eigenvalue weighted by Crippen LogP contribution is 2.12. The summed E-state index contributed by atoms with van der Waals surface area (Å²) in [6.45, 7) is 15.0. The molecule has 20 heavy (non-hydrogen) atoms. The van der Waals surface area contributed by atoms with Crippen molar-refractivity contribution in [1.29, 1.82) is 0 Å². The molecule has 120 valence electrons. The van der Waals surface area contributed by atoms with E-state index in [0.29, 0.717) is 18.1 Å². The van der Waals surface area contributed by atoms with Gasteiger partial charge in [-0.1, -0.05) is 12.8 Å². The standard InChI is InChI=1S/C17H37N3/c1-14(2)20(15(3)4)12-11-18-16(5)13-17-9-7-6-8-10-19-17/h14-19H,6-13H2,1-5H3. The van der Waals surface area contributed by atoms with Gasteiger partial charge in [-0.2, -0.15) is 0 Å². The molecule has 1 heterocycles. The van der Waals surface area contributed by atoms with Gasteiger partial charge in [0.25, 0.3) is 0 Å². The molecule has 3 nitrogen and oxygen atoms in total. The summed E-state index contributed by atoms with van der Waals surface area (Å²) in [5.74, 6) is 0. The third-order valence-electron chi connectivity index (χ3n) is 4.49. The van der Waals surface area contributed by atoms with Crippen molar-refractivity contribution in [2.24, 2.45) is 0 Å². The minimum absolute atomic E-state index is 0.617. The zero-order chi connectivity index (χ0) is 15.0. The second-order valence-corrected chi connectivity index (χ2v) is 7.02. The summed E-state index contributed by atoms with van der Waals surface area (Å²) in [5, 5.41) is 7.41. The van der Waals surface area contributed by atoms with Crippen molar-refractivity contribution in [3.05, 3.63) is 0 Å². The molecule has 1 fully saturated rings. The maximum absolute atomic E-state index is 3.71. The largest absolute Gasteiger partial charge is 0.314 e. The molecule has 0 bridgehead atoms. The molecule has 0 aromatic rings. The van der Waals surface area contributed by atoms with Crippen LogP contribution in [-0.4, -0.2) is 48.7 Å². The van der Waals surface area contributed by atoms with Crippen molar-refractivity contribution >= 4 is 0 Å². The Kier molecular flexibility index (Phi) is 8.74. The first-order valence-electron chi connectivity index (χ1n) is 8.73. The van der Waals surface area contributed by atoms with E-state index >= 15 is 0 Å². The molecule has 0 spiro atoms. The molecule has 2 atom stereocenters. The minimum atomic E-state index is 0.617. The van der Waals surface area contributed by atoms with E-state index in [4.69, 9.17) is 0 Å². The molecule has 0 saturated carbocycles. The Balaban J connectivity index is 2.19. The Morgan fingerprint density at radius 1 is 1.05 bits per heavy atom. The van der Waals surface area contributed by atoms with E-state index < -0.39 is 0 Å². The third-order valence-corrected chi connectivity index (χ3v) is 4.49. The van der Waals surface area contributed by atoms with E-state index in [1.165, 1.54) is 38.6 Å². The van der Waals surface area contributed by atoms with E-state index in [1.807, 2.05) is 0 Å². The van der Waals surface area contributed by atoms with E-state index in [1.54, 1.807) is 0 Å². The third kappa shape index (κ3) is 7.05. The van der Waals surface area contributed by atoms with Crippen LogP contribution in [-0.2, 0) is 0 Å². The van der Waals surface area contributed by atoms with Gasteiger partial charge >= 0.3 is 0 Å². The fourth-order valence-corrected chi connectivity index (χ4v) is 3.36. The van der Waals surface area contributed by atoms with Gasteiger partial charge < -0.3 is 10.6 Å². The van der Waals surface area contributed by atoms with Crippen LogP contribution in [0.15, 0.2) is 0 Å². The lowest BCUT2D eigenvalue weighted by Gasteiger charge is -2.31. The molecule has 1 rings (SSSR count). The Labute approximate surface area is 126 Å². The first kappa shape index (κ1) is 17.9. The average molecular weight is 284 g/mol. The maximum Gasteiger partial charge on any atom is 0.0112 e. The minimum Gasteiger partial charge on any atom is -0.314 e. The summed E-state index contributed by atoms with van der Waals surface area (Å²) >= 11 is 0. The second kappa shape index (κ2) is 9.75.